The number of hydrogen-bond donors (Lipinski definition) is 1. The molecular formula is C15H20N2O. The Bertz CT molecular complexity index is 462. The molecule has 3 nitrogen and oxygen atoms in total. The van der Waals surface area contributed by atoms with Crippen LogP contribution in [0.4, 0.5) is 5.69 Å². The zero-order valence-electron chi connectivity index (χ0n) is 11.1. The third-order valence-electron chi connectivity index (χ3n) is 3.81. The van der Waals surface area contributed by atoms with E-state index in [1.165, 1.54) is 12.8 Å². The van der Waals surface area contributed by atoms with E-state index < -0.39 is 6.10 Å². The lowest BCUT2D eigenvalue weighted by Crippen LogP contribution is -2.21. The smallest absolute Gasteiger partial charge is 0.0992 e. The monoisotopic (exact) mass is 244 g/mol. The van der Waals surface area contributed by atoms with Crippen molar-refractivity contribution in [1.82, 2.24) is 0 Å². The lowest BCUT2D eigenvalue weighted by molar-refractivity contribution is 0.199. The molecule has 1 aromatic rings. The van der Waals surface area contributed by atoms with E-state index in [-0.39, 0.29) is 0 Å². The van der Waals surface area contributed by atoms with Crippen LogP contribution in [0.15, 0.2) is 18.2 Å². The van der Waals surface area contributed by atoms with Crippen molar-refractivity contribution in [1.29, 1.82) is 5.26 Å². The number of anilines is 1. The Morgan fingerprint density at radius 3 is 2.89 bits per heavy atom. The summed E-state index contributed by atoms with van der Waals surface area (Å²) in [5, 5.41) is 18.8. The van der Waals surface area contributed by atoms with Crippen LogP contribution in [0.3, 0.4) is 0 Å². The fraction of sp³-hybridized carbons (Fsp3) is 0.533. The molecule has 96 valence electrons. The molecule has 0 spiro atoms. The van der Waals surface area contributed by atoms with Crippen LogP contribution in [0.25, 0.3) is 0 Å². The van der Waals surface area contributed by atoms with Crippen LogP contribution < -0.4 is 4.90 Å². The molecule has 1 N–H and O–H groups in total. The molecular weight excluding hydrogens is 224 g/mol. The van der Waals surface area contributed by atoms with Gasteiger partial charge in [-0.25, -0.2) is 0 Å². The molecule has 1 heterocycles. The number of nitriles is 1. The van der Waals surface area contributed by atoms with Crippen molar-refractivity contribution in [2.75, 3.05) is 18.0 Å². The maximum absolute atomic E-state index is 9.84. The third kappa shape index (κ3) is 2.49. The molecule has 0 aromatic heterocycles. The maximum atomic E-state index is 9.84. The summed E-state index contributed by atoms with van der Waals surface area (Å²) in [7, 11) is 0. The molecule has 2 rings (SSSR count). The molecule has 3 heteroatoms. The van der Waals surface area contributed by atoms with Gasteiger partial charge < -0.3 is 10.0 Å². The zero-order chi connectivity index (χ0) is 13.1. The Morgan fingerprint density at radius 1 is 1.56 bits per heavy atom. The maximum Gasteiger partial charge on any atom is 0.0992 e. The van der Waals surface area contributed by atoms with Crippen LogP contribution in [-0.4, -0.2) is 18.2 Å². The van der Waals surface area contributed by atoms with Gasteiger partial charge in [-0.3, -0.25) is 0 Å². The lowest BCUT2D eigenvalue weighted by Gasteiger charge is -2.23. The van der Waals surface area contributed by atoms with E-state index in [1.807, 2.05) is 12.1 Å². The third-order valence-corrected chi connectivity index (χ3v) is 3.81. The molecule has 1 aliphatic heterocycles. The van der Waals surface area contributed by atoms with Gasteiger partial charge >= 0.3 is 0 Å². The van der Waals surface area contributed by atoms with E-state index in [4.69, 9.17) is 5.26 Å². The average molecular weight is 244 g/mol. The lowest BCUT2D eigenvalue weighted by atomic mass is 10.0. The molecule has 1 fully saturated rings. The van der Waals surface area contributed by atoms with E-state index in [9.17, 15) is 5.11 Å². The van der Waals surface area contributed by atoms with Crippen molar-refractivity contribution >= 4 is 5.69 Å². The first kappa shape index (κ1) is 12.9. The minimum Gasteiger partial charge on any atom is -0.389 e. The Morgan fingerprint density at radius 2 is 2.33 bits per heavy atom. The van der Waals surface area contributed by atoms with Crippen molar-refractivity contribution in [3.05, 3.63) is 29.3 Å². The number of benzene rings is 1. The first-order chi connectivity index (χ1) is 8.65. The molecule has 1 saturated heterocycles. The van der Waals surface area contributed by atoms with Crippen LogP contribution in [0.2, 0.25) is 0 Å². The number of aliphatic hydroxyl groups excluding tert-OH is 1. The molecule has 18 heavy (non-hydrogen) atoms. The van der Waals surface area contributed by atoms with Crippen molar-refractivity contribution < 1.29 is 5.11 Å². The van der Waals surface area contributed by atoms with Crippen molar-refractivity contribution in [2.24, 2.45) is 5.92 Å². The highest BCUT2D eigenvalue weighted by molar-refractivity contribution is 5.59. The fourth-order valence-corrected chi connectivity index (χ4v) is 2.63. The number of aliphatic hydroxyl groups is 1. The highest BCUT2D eigenvalue weighted by Crippen LogP contribution is 2.32. The average Bonchev–Trinajstić information content (AvgIpc) is 2.86. The quantitative estimate of drug-likeness (QED) is 0.889. The molecule has 2 atom stereocenters. The van der Waals surface area contributed by atoms with Crippen LogP contribution in [0.5, 0.6) is 0 Å². The van der Waals surface area contributed by atoms with Gasteiger partial charge in [0, 0.05) is 24.3 Å². The Hall–Kier alpha value is -1.53. The highest BCUT2D eigenvalue weighted by atomic mass is 16.3. The normalized spacial score (nSPS) is 20.8. The molecule has 0 saturated carbocycles. The SMILES string of the molecule is CCC1CCN(c2cc(C#N)ccc2[C@H](C)O)C1. The molecule has 0 bridgehead atoms. The molecule has 0 aliphatic carbocycles. The summed E-state index contributed by atoms with van der Waals surface area (Å²) in [6.45, 7) is 6.05. The van der Waals surface area contributed by atoms with Gasteiger partial charge in [0.1, 0.15) is 0 Å². The fourth-order valence-electron chi connectivity index (χ4n) is 2.63. The van der Waals surface area contributed by atoms with Crippen LogP contribution in [-0.2, 0) is 0 Å². The first-order valence-corrected chi connectivity index (χ1v) is 6.62. The van der Waals surface area contributed by atoms with Crippen LogP contribution in [0.1, 0.15) is 43.9 Å². The second-order valence-corrected chi connectivity index (χ2v) is 5.07. The number of rotatable bonds is 3. The van der Waals surface area contributed by atoms with E-state index in [0.29, 0.717) is 5.56 Å². The number of hydrogen-bond acceptors (Lipinski definition) is 3. The summed E-state index contributed by atoms with van der Waals surface area (Å²) in [5.41, 5.74) is 2.61. The van der Waals surface area contributed by atoms with Crippen LogP contribution >= 0.6 is 0 Å². The minimum absolute atomic E-state index is 0.492. The summed E-state index contributed by atoms with van der Waals surface area (Å²) in [6, 6.07) is 7.73. The molecule has 1 aliphatic rings. The van der Waals surface area contributed by atoms with Crippen molar-refractivity contribution in [3.63, 3.8) is 0 Å². The molecule has 0 radical (unpaired) electrons. The van der Waals surface area contributed by atoms with Crippen molar-refractivity contribution in [2.45, 2.75) is 32.8 Å². The summed E-state index contributed by atoms with van der Waals surface area (Å²) in [5.74, 6) is 0.734. The summed E-state index contributed by atoms with van der Waals surface area (Å²) in [6.07, 6.45) is 1.90. The van der Waals surface area contributed by atoms with Gasteiger partial charge in [0.25, 0.3) is 0 Å². The predicted octanol–water partition coefficient (Wildman–Crippen LogP) is 2.85. The molecule has 1 aromatic carbocycles. The van der Waals surface area contributed by atoms with Crippen molar-refractivity contribution in [3.8, 4) is 6.07 Å². The summed E-state index contributed by atoms with van der Waals surface area (Å²) in [4.78, 5) is 2.30. The predicted molar refractivity (Wildman–Crippen MR) is 72.4 cm³/mol. The van der Waals surface area contributed by atoms with E-state index in [0.717, 1.165) is 30.3 Å². The summed E-state index contributed by atoms with van der Waals surface area (Å²) >= 11 is 0. The first-order valence-electron chi connectivity index (χ1n) is 6.62. The van der Waals surface area contributed by atoms with E-state index in [1.54, 1.807) is 13.0 Å². The molecule has 1 unspecified atom stereocenters. The van der Waals surface area contributed by atoms with Gasteiger partial charge in [-0.05, 0) is 31.4 Å². The van der Waals surface area contributed by atoms with Gasteiger partial charge in [0.15, 0.2) is 0 Å². The van der Waals surface area contributed by atoms with Crippen LogP contribution in [0, 0.1) is 17.2 Å². The second kappa shape index (κ2) is 5.41. The van der Waals surface area contributed by atoms with Gasteiger partial charge in [0.05, 0.1) is 17.7 Å². The van der Waals surface area contributed by atoms with Gasteiger partial charge in [0.2, 0.25) is 0 Å². The zero-order valence-corrected chi connectivity index (χ0v) is 11.1. The van der Waals surface area contributed by atoms with Gasteiger partial charge in [-0.1, -0.05) is 19.4 Å². The largest absolute Gasteiger partial charge is 0.389 e. The standard InChI is InChI=1S/C15H20N2O/c1-3-12-6-7-17(10-12)15-8-13(9-16)4-5-14(15)11(2)18/h4-5,8,11-12,18H,3,6-7,10H2,1-2H3/t11-,12?/m0/s1. The minimum atomic E-state index is -0.492. The van der Waals surface area contributed by atoms with E-state index in [2.05, 4.69) is 17.9 Å². The van der Waals surface area contributed by atoms with Gasteiger partial charge in [-0.15, -0.1) is 0 Å². The Balaban J connectivity index is 2.33. The summed E-state index contributed by atoms with van der Waals surface area (Å²) < 4.78 is 0. The van der Waals surface area contributed by atoms with Gasteiger partial charge in [-0.2, -0.15) is 5.26 Å². The Kier molecular flexibility index (Phi) is 3.88. The Labute approximate surface area is 109 Å². The highest BCUT2D eigenvalue weighted by Gasteiger charge is 2.24. The van der Waals surface area contributed by atoms with E-state index >= 15 is 0 Å². The second-order valence-electron chi connectivity index (χ2n) is 5.07. The number of nitrogens with zero attached hydrogens (tertiary/aromatic N) is 2. The topological polar surface area (TPSA) is 47.3 Å². The molecule has 0 amide bonds.